The highest BCUT2D eigenvalue weighted by molar-refractivity contribution is 7.81. The van der Waals surface area contributed by atoms with Gasteiger partial charge in [0.25, 0.3) is 0 Å². The second-order valence-electron chi connectivity index (χ2n) is 7.10. The van der Waals surface area contributed by atoms with Crippen molar-refractivity contribution in [2.24, 2.45) is 5.11 Å². The van der Waals surface area contributed by atoms with Crippen LogP contribution in [-0.4, -0.2) is 37.5 Å². The van der Waals surface area contributed by atoms with Crippen molar-refractivity contribution in [3.63, 3.8) is 0 Å². The van der Waals surface area contributed by atoms with E-state index in [1.54, 1.807) is 24.3 Å². The number of aliphatic hydroxyl groups excluding tert-OH is 1. The molecule has 11 nitrogen and oxygen atoms in total. The summed E-state index contributed by atoms with van der Waals surface area (Å²) in [6.07, 6.45) is 1.79. The number of hydrogen-bond acceptors (Lipinski definition) is 8. The van der Waals surface area contributed by atoms with E-state index in [0.29, 0.717) is 42.2 Å². The first-order chi connectivity index (χ1) is 15.7. The molecule has 0 aliphatic carbocycles. The van der Waals surface area contributed by atoms with Crippen LogP contribution in [0.3, 0.4) is 0 Å². The predicted octanol–water partition coefficient (Wildman–Crippen LogP) is 4.03. The molecule has 2 aromatic rings. The van der Waals surface area contributed by atoms with Crippen LogP contribution in [0.15, 0.2) is 47.6 Å². The fourth-order valence-corrected chi connectivity index (χ4v) is 3.46. The molecule has 0 aromatic heterocycles. The van der Waals surface area contributed by atoms with Crippen molar-refractivity contribution in [2.45, 2.75) is 32.7 Å². The van der Waals surface area contributed by atoms with Gasteiger partial charge in [-0.25, -0.2) is 0 Å². The van der Waals surface area contributed by atoms with Crippen LogP contribution < -0.4 is 18.4 Å². The number of allylic oxidation sites excluding steroid dienone is 1. The van der Waals surface area contributed by atoms with Crippen LogP contribution in [0.1, 0.15) is 30.9 Å². The van der Waals surface area contributed by atoms with Crippen molar-refractivity contribution in [1.82, 2.24) is 0 Å². The van der Waals surface area contributed by atoms with E-state index in [0.717, 1.165) is 11.1 Å². The molecule has 0 saturated carbocycles. The third kappa shape index (κ3) is 7.29. The highest BCUT2D eigenvalue weighted by Gasteiger charge is 2.17. The summed E-state index contributed by atoms with van der Waals surface area (Å²) in [5.41, 5.74) is 10.7. The molecule has 0 amide bonds. The van der Waals surface area contributed by atoms with Crippen LogP contribution in [0.25, 0.3) is 16.0 Å². The molecule has 0 fully saturated rings. The van der Waals surface area contributed by atoms with E-state index in [1.165, 1.54) is 12.1 Å². The number of nitrogens with zero attached hydrogens (tertiary/aromatic N) is 3. The second-order valence-corrected chi connectivity index (χ2v) is 8.12. The van der Waals surface area contributed by atoms with E-state index in [9.17, 15) is 13.5 Å². The monoisotopic (exact) mass is 477 g/mol. The summed E-state index contributed by atoms with van der Waals surface area (Å²) in [6, 6.07) is 9.51. The highest BCUT2D eigenvalue weighted by Crippen LogP contribution is 2.35. The van der Waals surface area contributed by atoms with Crippen molar-refractivity contribution in [1.29, 1.82) is 0 Å². The lowest BCUT2D eigenvalue weighted by Crippen LogP contribution is -2.17. The number of hydrogen-bond donors (Lipinski definition) is 2. The Hall–Kier alpha value is -3.44. The number of aliphatic hydroxyl groups is 1. The van der Waals surface area contributed by atoms with Gasteiger partial charge in [0, 0.05) is 34.7 Å². The zero-order valence-electron chi connectivity index (χ0n) is 17.7. The summed E-state index contributed by atoms with van der Waals surface area (Å²) >= 11 is 0. The Morgan fingerprint density at radius 2 is 1.94 bits per heavy atom. The zero-order valence-corrected chi connectivity index (χ0v) is 18.6. The third-order valence-electron chi connectivity index (χ3n) is 4.63. The minimum Gasteiger partial charge on any atom is -0.493 e. The standard InChI is InChI=1S/C21H23N3O8S/c1-14-10-21(25)31-20-11-16(6-7-18(14)20)30-13-15-4-5-17(32-33(26,27)28)12-19(15)29-9-3-2-8-23-24-22/h4-7,10-12,21,25H,2-3,8-9,13H2,1H3,(H,26,27,28). The first-order valence-corrected chi connectivity index (χ1v) is 11.4. The van der Waals surface area contributed by atoms with Crippen molar-refractivity contribution in [3.8, 4) is 23.0 Å². The maximum Gasteiger partial charge on any atom is 0.446 e. The predicted molar refractivity (Wildman–Crippen MR) is 118 cm³/mol. The van der Waals surface area contributed by atoms with Gasteiger partial charge in [-0.1, -0.05) is 5.11 Å². The molecule has 1 atom stereocenters. The van der Waals surface area contributed by atoms with E-state index < -0.39 is 16.7 Å². The molecule has 1 unspecified atom stereocenters. The number of unbranched alkanes of at least 4 members (excludes halogenated alkanes) is 1. The largest absolute Gasteiger partial charge is 0.493 e. The molecular formula is C21H23N3O8S. The Labute approximate surface area is 190 Å². The van der Waals surface area contributed by atoms with E-state index in [-0.39, 0.29) is 19.0 Å². The number of benzene rings is 2. The smallest absolute Gasteiger partial charge is 0.446 e. The molecule has 2 N–H and O–H groups in total. The fraction of sp³-hybridized carbons (Fsp3) is 0.333. The average Bonchev–Trinajstić information content (AvgIpc) is 2.74. The quantitative estimate of drug-likeness (QED) is 0.161. The molecule has 12 heteroatoms. The van der Waals surface area contributed by atoms with Gasteiger partial charge < -0.3 is 23.5 Å². The minimum absolute atomic E-state index is 0.0797. The van der Waals surface area contributed by atoms with Gasteiger partial charge in [-0.05, 0) is 61.2 Å². The van der Waals surface area contributed by atoms with Gasteiger partial charge in [-0.2, -0.15) is 8.42 Å². The first kappa shape index (κ1) is 24.2. The molecule has 3 rings (SSSR count). The zero-order chi connectivity index (χ0) is 23.8. The Balaban J connectivity index is 1.72. The summed E-state index contributed by atoms with van der Waals surface area (Å²) < 4.78 is 52.5. The van der Waals surface area contributed by atoms with E-state index in [2.05, 4.69) is 14.2 Å². The summed E-state index contributed by atoms with van der Waals surface area (Å²) in [5.74, 6) is 1.18. The van der Waals surface area contributed by atoms with Crippen LogP contribution in [0.4, 0.5) is 0 Å². The van der Waals surface area contributed by atoms with Gasteiger partial charge in [0.05, 0.1) is 6.61 Å². The van der Waals surface area contributed by atoms with Gasteiger partial charge >= 0.3 is 10.4 Å². The Kier molecular flexibility index (Phi) is 8.01. The first-order valence-electron chi connectivity index (χ1n) is 9.99. The molecule has 1 aliphatic heterocycles. The van der Waals surface area contributed by atoms with E-state index >= 15 is 0 Å². The van der Waals surface area contributed by atoms with Gasteiger partial charge in [0.1, 0.15) is 29.6 Å². The molecule has 0 spiro atoms. The van der Waals surface area contributed by atoms with Gasteiger partial charge in [0.2, 0.25) is 6.29 Å². The lowest BCUT2D eigenvalue weighted by atomic mass is 10.0. The van der Waals surface area contributed by atoms with Crippen molar-refractivity contribution < 1.29 is 36.5 Å². The lowest BCUT2D eigenvalue weighted by molar-refractivity contribution is 0.0223. The number of ether oxygens (including phenoxy) is 3. The van der Waals surface area contributed by atoms with Crippen molar-refractivity contribution in [3.05, 3.63) is 64.0 Å². The summed E-state index contributed by atoms with van der Waals surface area (Å²) in [5, 5.41) is 13.2. The molecule has 176 valence electrons. The Morgan fingerprint density at radius 3 is 2.70 bits per heavy atom. The molecule has 1 aliphatic rings. The second kappa shape index (κ2) is 10.9. The SMILES string of the molecule is CC1=CC(O)Oc2cc(OCc3ccc(OS(=O)(=O)O)cc3OCCCCN=[N+]=[N-])ccc21. The average molecular weight is 477 g/mol. The van der Waals surface area contributed by atoms with Gasteiger partial charge in [-0.15, -0.1) is 0 Å². The van der Waals surface area contributed by atoms with Crippen molar-refractivity contribution in [2.75, 3.05) is 13.2 Å². The van der Waals surface area contributed by atoms with E-state index in [4.69, 9.17) is 24.3 Å². The van der Waals surface area contributed by atoms with Gasteiger partial charge in [-0.3, -0.25) is 4.55 Å². The number of rotatable bonds is 11. The minimum atomic E-state index is -4.69. The Bertz CT molecular complexity index is 1180. The molecule has 2 aromatic carbocycles. The van der Waals surface area contributed by atoms with E-state index in [1.807, 2.05) is 13.0 Å². The molecule has 0 radical (unpaired) electrons. The lowest BCUT2D eigenvalue weighted by Gasteiger charge is -2.21. The maximum absolute atomic E-state index is 11.0. The summed E-state index contributed by atoms with van der Waals surface area (Å²) in [7, 11) is -4.69. The normalized spacial score (nSPS) is 14.9. The van der Waals surface area contributed by atoms with Gasteiger partial charge in [0.15, 0.2) is 0 Å². The van der Waals surface area contributed by atoms with Crippen molar-refractivity contribution >= 4 is 16.0 Å². The topological polar surface area (TPSA) is 160 Å². The van der Waals surface area contributed by atoms with Crippen LogP contribution in [-0.2, 0) is 17.0 Å². The molecule has 0 saturated heterocycles. The van der Waals surface area contributed by atoms with Crippen LogP contribution in [0.2, 0.25) is 0 Å². The summed E-state index contributed by atoms with van der Waals surface area (Å²) in [6.45, 7) is 2.57. The molecule has 33 heavy (non-hydrogen) atoms. The van der Waals surface area contributed by atoms with Crippen LogP contribution >= 0.6 is 0 Å². The number of azide groups is 1. The Morgan fingerprint density at radius 1 is 1.15 bits per heavy atom. The highest BCUT2D eigenvalue weighted by atomic mass is 32.3. The number of fused-ring (bicyclic) bond motifs is 1. The summed E-state index contributed by atoms with van der Waals surface area (Å²) in [4.78, 5) is 2.68. The molecule has 0 bridgehead atoms. The molecule has 1 heterocycles. The fourth-order valence-electron chi connectivity index (χ4n) is 3.12. The van der Waals surface area contributed by atoms with Crippen LogP contribution in [0, 0.1) is 0 Å². The van der Waals surface area contributed by atoms with Crippen LogP contribution in [0.5, 0.6) is 23.0 Å². The maximum atomic E-state index is 11.0. The third-order valence-corrected chi connectivity index (χ3v) is 5.03. The molecular weight excluding hydrogens is 454 g/mol.